The second-order valence-corrected chi connectivity index (χ2v) is 7.42. The lowest BCUT2D eigenvalue weighted by molar-refractivity contribution is 0.0269. The third-order valence-electron chi connectivity index (χ3n) is 4.30. The Kier molecular flexibility index (Phi) is 5.69. The summed E-state index contributed by atoms with van der Waals surface area (Å²) in [5, 5.41) is 10.5. The molecular weight excluding hydrogens is 290 g/mol. The van der Waals surface area contributed by atoms with Gasteiger partial charge in [0, 0.05) is 19.0 Å². The highest BCUT2D eigenvalue weighted by Crippen LogP contribution is 2.24. The average molecular weight is 319 g/mol. The van der Waals surface area contributed by atoms with Crippen molar-refractivity contribution in [2.45, 2.75) is 58.7 Å². The molecule has 0 bridgehead atoms. The van der Waals surface area contributed by atoms with Gasteiger partial charge in [0.2, 0.25) is 0 Å². The number of hydrogen-bond acceptors (Lipinski definition) is 3. The summed E-state index contributed by atoms with van der Waals surface area (Å²) in [6, 6.07) is 8.40. The molecule has 1 heterocycles. The fourth-order valence-corrected chi connectivity index (χ4v) is 2.91. The van der Waals surface area contributed by atoms with Crippen LogP contribution in [0.5, 0.6) is 0 Å². The number of aryl methyl sites for hydroxylation is 1. The third kappa shape index (κ3) is 5.24. The first-order valence-electron chi connectivity index (χ1n) is 8.52. The van der Waals surface area contributed by atoms with Crippen molar-refractivity contribution in [1.82, 2.24) is 4.90 Å². The average Bonchev–Trinajstić information content (AvgIpc) is 2.96. The number of rotatable bonds is 4. The lowest BCUT2D eigenvalue weighted by Gasteiger charge is -2.25. The maximum absolute atomic E-state index is 12.1. The van der Waals surface area contributed by atoms with Crippen molar-refractivity contribution in [3.63, 3.8) is 0 Å². The van der Waals surface area contributed by atoms with Crippen LogP contribution in [0.3, 0.4) is 0 Å². The number of likely N-dealkylation sites (tertiary alicyclic amines) is 1. The van der Waals surface area contributed by atoms with E-state index >= 15 is 0 Å². The van der Waals surface area contributed by atoms with Gasteiger partial charge < -0.3 is 14.7 Å². The number of ether oxygens (including phenoxy) is 1. The van der Waals surface area contributed by atoms with E-state index in [1.807, 2.05) is 20.8 Å². The first-order chi connectivity index (χ1) is 10.8. The molecule has 1 aliphatic rings. The predicted molar refractivity (Wildman–Crippen MR) is 91.4 cm³/mol. The Morgan fingerprint density at radius 2 is 1.91 bits per heavy atom. The summed E-state index contributed by atoms with van der Waals surface area (Å²) >= 11 is 0. The molecule has 4 nitrogen and oxygen atoms in total. The Hall–Kier alpha value is -1.55. The Bertz CT molecular complexity index is 518. The van der Waals surface area contributed by atoms with E-state index in [9.17, 15) is 9.90 Å². The van der Waals surface area contributed by atoms with Crippen LogP contribution >= 0.6 is 0 Å². The van der Waals surface area contributed by atoms with E-state index in [-0.39, 0.29) is 12.0 Å². The molecule has 4 heteroatoms. The summed E-state index contributed by atoms with van der Waals surface area (Å²) in [5.74, 6) is 0.119. The van der Waals surface area contributed by atoms with Crippen LogP contribution in [0.4, 0.5) is 4.79 Å². The Morgan fingerprint density at radius 3 is 2.48 bits per heavy atom. The number of aliphatic hydroxyl groups is 1. The monoisotopic (exact) mass is 319 g/mol. The molecule has 1 fully saturated rings. The van der Waals surface area contributed by atoms with E-state index in [4.69, 9.17) is 4.74 Å². The number of benzene rings is 1. The van der Waals surface area contributed by atoms with Crippen molar-refractivity contribution in [2.24, 2.45) is 5.92 Å². The fraction of sp³-hybridized carbons (Fsp3) is 0.632. The summed E-state index contributed by atoms with van der Waals surface area (Å²) < 4.78 is 5.40. The zero-order valence-electron chi connectivity index (χ0n) is 14.7. The standard InChI is InChI=1S/C19H29NO3/c1-5-14-6-8-15(9-7-14)12-17(21)16-10-11-20(13-16)18(22)23-19(2,3)4/h6-9,16-17,21H,5,10-13H2,1-4H3. The summed E-state index contributed by atoms with van der Waals surface area (Å²) in [7, 11) is 0. The molecule has 1 N–H and O–H groups in total. The summed E-state index contributed by atoms with van der Waals surface area (Å²) in [5.41, 5.74) is 1.97. The highest BCUT2D eigenvalue weighted by atomic mass is 16.6. The molecule has 1 aliphatic heterocycles. The van der Waals surface area contributed by atoms with E-state index < -0.39 is 11.7 Å². The van der Waals surface area contributed by atoms with Crippen LogP contribution in [0.15, 0.2) is 24.3 Å². The smallest absolute Gasteiger partial charge is 0.410 e. The minimum Gasteiger partial charge on any atom is -0.444 e. The Balaban J connectivity index is 1.86. The molecule has 0 aliphatic carbocycles. The van der Waals surface area contributed by atoms with Crippen LogP contribution in [0.2, 0.25) is 0 Å². The van der Waals surface area contributed by atoms with Gasteiger partial charge in [-0.2, -0.15) is 0 Å². The minimum absolute atomic E-state index is 0.119. The maximum atomic E-state index is 12.1. The number of amides is 1. The van der Waals surface area contributed by atoms with Crippen LogP contribution in [0.25, 0.3) is 0 Å². The maximum Gasteiger partial charge on any atom is 0.410 e. The topological polar surface area (TPSA) is 49.8 Å². The fourth-order valence-electron chi connectivity index (χ4n) is 2.91. The lowest BCUT2D eigenvalue weighted by Crippen LogP contribution is -2.36. The molecule has 0 saturated carbocycles. The van der Waals surface area contributed by atoms with Crippen molar-refractivity contribution >= 4 is 6.09 Å². The van der Waals surface area contributed by atoms with E-state index in [0.717, 1.165) is 18.4 Å². The summed E-state index contributed by atoms with van der Waals surface area (Å²) in [4.78, 5) is 13.8. The van der Waals surface area contributed by atoms with E-state index in [2.05, 4.69) is 31.2 Å². The molecule has 1 amide bonds. The number of aliphatic hydroxyl groups excluding tert-OH is 1. The molecule has 23 heavy (non-hydrogen) atoms. The van der Waals surface area contributed by atoms with Crippen LogP contribution in [0, 0.1) is 5.92 Å². The predicted octanol–water partition coefficient (Wildman–Crippen LogP) is 3.41. The first-order valence-corrected chi connectivity index (χ1v) is 8.52. The third-order valence-corrected chi connectivity index (χ3v) is 4.30. The Morgan fingerprint density at radius 1 is 1.30 bits per heavy atom. The van der Waals surface area contributed by atoms with Crippen molar-refractivity contribution in [1.29, 1.82) is 0 Å². The largest absolute Gasteiger partial charge is 0.444 e. The second-order valence-electron chi connectivity index (χ2n) is 7.42. The van der Waals surface area contributed by atoms with E-state index in [0.29, 0.717) is 19.5 Å². The van der Waals surface area contributed by atoms with Gasteiger partial charge in [-0.1, -0.05) is 31.2 Å². The highest BCUT2D eigenvalue weighted by Gasteiger charge is 2.33. The number of carbonyl (C=O) groups is 1. The highest BCUT2D eigenvalue weighted by molar-refractivity contribution is 5.68. The minimum atomic E-state index is -0.477. The molecule has 1 aromatic rings. The first kappa shape index (κ1) is 17.8. The van der Waals surface area contributed by atoms with Gasteiger partial charge in [-0.3, -0.25) is 0 Å². The van der Waals surface area contributed by atoms with Crippen molar-refractivity contribution < 1.29 is 14.6 Å². The molecule has 2 atom stereocenters. The zero-order chi connectivity index (χ0) is 17.0. The number of carbonyl (C=O) groups excluding carboxylic acids is 1. The van der Waals surface area contributed by atoms with Crippen molar-refractivity contribution in [3.05, 3.63) is 35.4 Å². The van der Waals surface area contributed by atoms with Gasteiger partial charge in [-0.15, -0.1) is 0 Å². The molecule has 0 radical (unpaired) electrons. The molecule has 2 rings (SSSR count). The summed E-state index contributed by atoms with van der Waals surface area (Å²) in [6.07, 6.45) is 1.79. The zero-order valence-corrected chi connectivity index (χ0v) is 14.7. The lowest BCUT2D eigenvalue weighted by atomic mass is 9.95. The SMILES string of the molecule is CCc1ccc(CC(O)C2CCN(C(=O)OC(C)(C)C)C2)cc1. The second kappa shape index (κ2) is 7.35. The van der Waals surface area contributed by atoms with Crippen LogP contribution in [0.1, 0.15) is 45.2 Å². The number of hydrogen-bond donors (Lipinski definition) is 1. The molecule has 1 saturated heterocycles. The number of nitrogens with zero attached hydrogens (tertiary/aromatic N) is 1. The molecular formula is C19H29NO3. The van der Waals surface area contributed by atoms with Gasteiger partial charge in [-0.25, -0.2) is 4.79 Å². The van der Waals surface area contributed by atoms with Gasteiger partial charge in [0.05, 0.1) is 6.10 Å². The van der Waals surface area contributed by atoms with Crippen LogP contribution < -0.4 is 0 Å². The van der Waals surface area contributed by atoms with Gasteiger partial charge in [-0.05, 0) is 51.2 Å². The van der Waals surface area contributed by atoms with Gasteiger partial charge in [0.1, 0.15) is 5.60 Å². The Labute approximate surface area is 139 Å². The van der Waals surface area contributed by atoms with E-state index in [1.54, 1.807) is 4.90 Å². The summed E-state index contributed by atoms with van der Waals surface area (Å²) in [6.45, 7) is 8.97. The van der Waals surface area contributed by atoms with Crippen molar-refractivity contribution in [3.8, 4) is 0 Å². The van der Waals surface area contributed by atoms with Gasteiger partial charge in [0.15, 0.2) is 0 Å². The molecule has 2 unspecified atom stereocenters. The van der Waals surface area contributed by atoms with Gasteiger partial charge in [0.25, 0.3) is 0 Å². The molecule has 128 valence electrons. The quantitative estimate of drug-likeness (QED) is 0.925. The van der Waals surface area contributed by atoms with Crippen molar-refractivity contribution in [2.75, 3.05) is 13.1 Å². The molecule has 1 aromatic carbocycles. The van der Waals surface area contributed by atoms with Crippen LogP contribution in [-0.4, -0.2) is 40.9 Å². The van der Waals surface area contributed by atoms with Crippen LogP contribution in [-0.2, 0) is 17.6 Å². The van der Waals surface area contributed by atoms with Gasteiger partial charge >= 0.3 is 6.09 Å². The molecule has 0 spiro atoms. The molecule has 0 aromatic heterocycles. The van der Waals surface area contributed by atoms with E-state index in [1.165, 1.54) is 5.56 Å². The normalized spacial score (nSPS) is 19.7.